The van der Waals surface area contributed by atoms with Gasteiger partial charge in [-0.2, -0.15) is 0 Å². The van der Waals surface area contributed by atoms with Crippen molar-refractivity contribution in [2.45, 2.75) is 35.6 Å². The summed E-state index contributed by atoms with van der Waals surface area (Å²) in [7, 11) is 0. The number of benzene rings is 2. The number of hydrogen-bond donors (Lipinski definition) is 2. The summed E-state index contributed by atoms with van der Waals surface area (Å²) >= 11 is 1.68. The van der Waals surface area contributed by atoms with Crippen molar-refractivity contribution in [3.05, 3.63) is 88.7 Å². The van der Waals surface area contributed by atoms with Gasteiger partial charge in [-0.3, -0.25) is 9.80 Å². The quantitative estimate of drug-likeness (QED) is 0.703. The van der Waals surface area contributed by atoms with Crippen LogP contribution in [0.4, 0.5) is 4.39 Å². The molecule has 3 heterocycles. The maximum atomic E-state index is 14.1. The molecule has 5 nitrogen and oxygen atoms in total. The largest absolute Gasteiger partial charge is 0.507 e. The topological polar surface area (TPSA) is 64.0 Å². The number of rotatable bonds is 1. The van der Waals surface area contributed by atoms with Gasteiger partial charge in [-0.15, -0.1) is 11.8 Å². The van der Waals surface area contributed by atoms with Crippen molar-refractivity contribution in [3.63, 3.8) is 0 Å². The Morgan fingerprint density at radius 1 is 1.13 bits per heavy atom. The highest BCUT2D eigenvalue weighted by atomic mass is 32.2. The molecule has 0 aromatic heterocycles. The standard InChI is InChI=1S/C24H21FN2O3S/c25-15-5-6-16-14(11-15)12-31-19-4-2-1-3-17(19)20(16)27-13-24(8-9-24)23(30)21-22(29)18(28)7-10-26(21)27/h1-7,10-11,18,20,28-29H,8-9,12-13H2. The summed E-state index contributed by atoms with van der Waals surface area (Å²) in [6.07, 6.45) is 3.46. The number of aliphatic hydroxyl groups is 2. The summed E-state index contributed by atoms with van der Waals surface area (Å²) in [6.45, 7) is 0.504. The minimum atomic E-state index is -1.19. The van der Waals surface area contributed by atoms with Crippen molar-refractivity contribution in [1.29, 1.82) is 0 Å². The number of ketones is 1. The highest BCUT2D eigenvalue weighted by molar-refractivity contribution is 7.98. The van der Waals surface area contributed by atoms with Crippen molar-refractivity contribution in [2.24, 2.45) is 5.41 Å². The molecule has 0 radical (unpaired) electrons. The maximum absolute atomic E-state index is 14.1. The van der Waals surface area contributed by atoms with Crippen molar-refractivity contribution in [3.8, 4) is 0 Å². The molecule has 1 spiro atoms. The molecule has 158 valence electrons. The first-order valence-corrected chi connectivity index (χ1v) is 11.4. The predicted molar refractivity (Wildman–Crippen MR) is 114 cm³/mol. The summed E-state index contributed by atoms with van der Waals surface area (Å²) in [5.74, 6) is -0.0313. The second-order valence-electron chi connectivity index (χ2n) is 8.64. The molecule has 2 atom stereocenters. The number of fused-ring (bicyclic) bond motifs is 3. The van der Waals surface area contributed by atoms with Gasteiger partial charge in [0.2, 0.25) is 0 Å². The number of thioether (sulfide) groups is 1. The van der Waals surface area contributed by atoms with Gasteiger partial charge in [0.05, 0.1) is 11.5 Å². The van der Waals surface area contributed by atoms with Crippen LogP contribution in [0.15, 0.2) is 71.1 Å². The van der Waals surface area contributed by atoms with Crippen LogP contribution in [0.1, 0.15) is 35.6 Å². The van der Waals surface area contributed by atoms with Gasteiger partial charge in [0, 0.05) is 23.4 Å². The van der Waals surface area contributed by atoms with E-state index >= 15 is 0 Å². The molecule has 1 saturated carbocycles. The summed E-state index contributed by atoms with van der Waals surface area (Å²) in [5, 5.41) is 24.6. The second kappa shape index (κ2) is 6.69. The van der Waals surface area contributed by atoms with Crippen LogP contribution in [0.2, 0.25) is 0 Å². The lowest BCUT2D eigenvalue weighted by molar-refractivity contribution is -0.135. The third-order valence-corrected chi connectivity index (χ3v) is 7.89. The van der Waals surface area contributed by atoms with Gasteiger partial charge in [0.1, 0.15) is 17.6 Å². The number of allylic oxidation sites excluding steroid dienone is 1. The number of hydrazine groups is 1. The SMILES string of the molecule is O=C1C2=C(O)C(O)C=CN2N(C2c3ccc(F)cc3CSc3ccccc32)CC12CC2. The Labute approximate surface area is 183 Å². The molecule has 31 heavy (non-hydrogen) atoms. The van der Waals surface area contributed by atoms with E-state index < -0.39 is 11.5 Å². The molecule has 2 aromatic rings. The molecule has 4 aliphatic rings. The smallest absolute Gasteiger partial charge is 0.191 e. The van der Waals surface area contributed by atoms with Crippen LogP contribution in [0, 0.1) is 11.2 Å². The Morgan fingerprint density at radius 3 is 2.74 bits per heavy atom. The first-order chi connectivity index (χ1) is 15.0. The summed E-state index contributed by atoms with van der Waals surface area (Å²) in [4.78, 5) is 14.4. The average molecular weight is 437 g/mol. The summed E-state index contributed by atoms with van der Waals surface area (Å²) in [6, 6.07) is 12.8. The Bertz CT molecular complexity index is 1170. The Kier molecular flexibility index (Phi) is 4.12. The van der Waals surface area contributed by atoms with E-state index in [1.54, 1.807) is 29.0 Å². The van der Waals surface area contributed by atoms with Crippen LogP contribution in [0.3, 0.4) is 0 Å². The summed E-state index contributed by atoms with van der Waals surface area (Å²) in [5.41, 5.74) is 2.60. The number of halogens is 1. The molecule has 1 saturated heterocycles. The second-order valence-corrected chi connectivity index (χ2v) is 9.66. The van der Waals surface area contributed by atoms with E-state index in [-0.39, 0.29) is 29.1 Å². The molecule has 3 aliphatic heterocycles. The average Bonchev–Trinajstić information content (AvgIpc) is 3.56. The lowest BCUT2D eigenvalue weighted by Crippen LogP contribution is -2.55. The molecule has 1 aliphatic carbocycles. The number of hydrogen-bond acceptors (Lipinski definition) is 6. The molecule has 0 amide bonds. The fourth-order valence-corrected chi connectivity index (χ4v) is 6.01. The highest BCUT2D eigenvalue weighted by Crippen LogP contribution is 2.56. The van der Waals surface area contributed by atoms with Gasteiger partial charge in [-0.25, -0.2) is 9.40 Å². The molecular weight excluding hydrogens is 415 g/mol. The molecule has 2 aromatic carbocycles. The van der Waals surface area contributed by atoms with Crippen LogP contribution in [0.25, 0.3) is 0 Å². The number of Topliss-reactive ketones (excluding diaryl/α,β-unsaturated/α-hetero) is 1. The number of nitrogens with zero attached hydrogens (tertiary/aromatic N) is 2. The van der Waals surface area contributed by atoms with Gasteiger partial charge in [-0.1, -0.05) is 24.3 Å². The van der Waals surface area contributed by atoms with E-state index in [1.807, 2.05) is 18.2 Å². The minimum Gasteiger partial charge on any atom is -0.507 e. The number of aliphatic hydroxyl groups excluding tert-OH is 2. The Balaban J connectivity index is 1.57. The first kappa shape index (κ1) is 19.1. The fourth-order valence-electron chi connectivity index (χ4n) is 4.93. The van der Waals surface area contributed by atoms with E-state index in [0.29, 0.717) is 12.3 Å². The van der Waals surface area contributed by atoms with Gasteiger partial charge < -0.3 is 10.2 Å². The van der Waals surface area contributed by atoms with Gasteiger partial charge in [0.15, 0.2) is 11.5 Å². The molecule has 0 bridgehead atoms. The zero-order chi connectivity index (χ0) is 21.3. The van der Waals surface area contributed by atoms with Crippen LogP contribution in [-0.2, 0) is 10.5 Å². The zero-order valence-electron chi connectivity index (χ0n) is 16.7. The molecule has 7 heteroatoms. The number of carbonyl (C=O) groups excluding carboxylic acids is 1. The van der Waals surface area contributed by atoms with Gasteiger partial charge >= 0.3 is 0 Å². The van der Waals surface area contributed by atoms with Crippen LogP contribution in [0.5, 0.6) is 0 Å². The Morgan fingerprint density at radius 2 is 1.94 bits per heavy atom. The lowest BCUT2D eigenvalue weighted by atomic mass is 9.88. The van der Waals surface area contributed by atoms with Gasteiger partial charge in [0.25, 0.3) is 0 Å². The fraction of sp³-hybridized carbons (Fsp3) is 0.292. The first-order valence-electron chi connectivity index (χ1n) is 10.4. The van der Waals surface area contributed by atoms with Crippen LogP contribution >= 0.6 is 11.8 Å². The number of carbonyl (C=O) groups is 1. The Hall–Kier alpha value is -2.61. The molecule has 2 fully saturated rings. The van der Waals surface area contributed by atoms with E-state index in [2.05, 4.69) is 17.1 Å². The van der Waals surface area contributed by atoms with Crippen molar-refractivity contribution in [2.75, 3.05) is 6.54 Å². The third-order valence-electron chi connectivity index (χ3n) is 6.75. The van der Waals surface area contributed by atoms with E-state index in [9.17, 15) is 19.4 Å². The molecule has 2 unspecified atom stereocenters. The predicted octanol–water partition coefficient (Wildman–Crippen LogP) is 4.06. The van der Waals surface area contributed by atoms with Crippen molar-refractivity contribution in [1.82, 2.24) is 10.0 Å². The van der Waals surface area contributed by atoms with Crippen LogP contribution < -0.4 is 0 Å². The molecular formula is C24H21FN2O3S. The normalized spacial score (nSPS) is 26.4. The van der Waals surface area contributed by atoms with E-state index in [1.165, 1.54) is 12.1 Å². The molecule has 2 N–H and O–H groups in total. The van der Waals surface area contributed by atoms with Gasteiger partial charge in [-0.05, 0) is 53.8 Å². The monoisotopic (exact) mass is 436 g/mol. The van der Waals surface area contributed by atoms with Crippen molar-refractivity contribution >= 4 is 17.5 Å². The van der Waals surface area contributed by atoms with E-state index in [0.717, 1.165) is 34.4 Å². The third kappa shape index (κ3) is 2.80. The van der Waals surface area contributed by atoms with E-state index in [4.69, 9.17) is 0 Å². The van der Waals surface area contributed by atoms with Crippen molar-refractivity contribution < 1.29 is 19.4 Å². The van der Waals surface area contributed by atoms with Crippen LogP contribution in [-0.4, -0.2) is 38.7 Å². The minimum absolute atomic E-state index is 0.111. The maximum Gasteiger partial charge on any atom is 0.191 e. The zero-order valence-corrected chi connectivity index (χ0v) is 17.5. The summed E-state index contributed by atoms with van der Waals surface area (Å²) < 4.78 is 14.1. The molecule has 6 rings (SSSR count). The lowest BCUT2D eigenvalue weighted by Gasteiger charge is -2.48. The highest BCUT2D eigenvalue weighted by Gasteiger charge is 2.59.